The molecule has 16 heavy (non-hydrogen) atoms. The second-order valence-electron chi connectivity index (χ2n) is 4.77. The summed E-state index contributed by atoms with van der Waals surface area (Å²) in [7, 11) is 0. The van der Waals surface area contributed by atoms with Crippen molar-refractivity contribution in [3.63, 3.8) is 0 Å². The van der Waals surface area contributed by atoms with Crippen LogP contribution in [-0.4, -0.2) is 22.9 Å². The fourth-order valence-electron chi connectivity index (χ4n) is 2.28. The molecule has 3 nitrogen and oxygen atoms in total. The molecule has 0 spiro atoms. The molecule has 0 radical (unpaired) electrons. The Hall–Kier alpha value is -0.900. The maximum absolute atomic E-state index is 9.47. The van der Waals surface area contributed by atoms with Crippen LogP contribution in [0, 0.1) is 0 Å². The van der Waals surface area contributed by atoms with Gasteiger partial charge in [0.25, 0.3) is 0 Å². The third-order valence-electron chi connectivity index (χ3n) is 3.70. The second kappa shape index (κ2) is 4.17. The van der Waals surface area contributed by atoms with Gasteiger partial charge in [-0.1, -0.05) is 24.3 Å². The lowest BCUT2D eigenvalue weighted by molar-refractivity contribution is 0.0956. The van der Waals surface area contributed by atoms with Gasteiger partial charge >= 0.3 is 0 Å². The van der Waals surface area contributed by atoms with Crippen LogP contribution in [0.1, 0.15) is 37.0 Å². The predicted octanol–water partition coefficient (Wildman–Crippen LogP) is 1.09. The van der Waals surface area contributed by atoms with E-state index in [9.17, 15) is 5.11 Å². The van der Waals surface area contributed by atoms with Crippen molar-refractivity contribution in [2.24, 2.45) is 5.73 Å². The largest absolute Gasteiger partial charge is 0.393 e. The lowest BCUT2D eigenvalue weighted by Gasteiger charge is -2.20. The number of aliphatic hydroxyl groups is 2. The summed E-state index contributed by atoms with van der Waals surface area (Å²) in [6, 6.07) is 7.95. The Bertz CT molecular complexity index is 355. The summed E-state index contributed by atoms with van der Waals surface area (Å²) in [4.78, 5) is 0. The van der Waals surface area contributed by atoms with Crippen molar-refractivity contribution in [2.75, 3.05) is 6.61 Å². The molecular weight excluding hydrogens is 202 g/mol. The molecule has 88 valence electrons. The van der Waals surface area contributed by atoms with Gasteiger partial charge < -0.3 is 15.9 Å². The van der Waals surface area contributed by atoms with E-state index < -0.39 is 6.10 Å². The lowest BCUT2D eigenvalue weighted by atomic mass is 9.88. The van der Waals surface area contributed by atoms with Crippen LogP contribution >= 0.6 is 0 Å². The molecule has 2 atom stereocenters. The zero-order valence-corrected chi connectivity index (χ0v) is 9.56. The Morgan fingerprint density at radius 2 is 1.88 bits per heavy atom. The van der Waals surface area contributed by atoms with Gasteiger partial charge in [0.2, 0.25) is 0 Å². The topological polar surface area (TPSA) is 66.5 Å². The average molecular weight is 221 g/mol. The smallest absolute Gasteiger partial charge is 0.102 e. The van der Waals surface area contributed by atoms with E-state index in [2.05, 4.69) is 0 Å². The zero-order valence-electron chi connectivity index (χ0n) is 9.56. The average Bonchev–Trinajstić information content (AvgIpc) is 3.09. The molecule has 0 saturated heterocycles. The summed E-state index contributed by atoms with van der Waals surface area (Å²) in [5.41, 5.74) is 8.16. The Labute approximate surface area is 95.9 Å². The van der Waals surface area contributed by atoms with Gasteiger partial charge in [0.1, 0.15) is 6.10 Å². The first-order valence-corrected chi connectivity index (χ1v) is 5.75. The normalized spacial score (nSPS) is 21.5. The van der Waals surface area contributed by atoms with Crippen molar-refractivity contribution in [3.05, 3.63) is 35.4 Å². The Balaban J connectivity index is 2.20. The summed E-state index contributed by atoms with van der Waals surface area (Å²) >= 11 is 0. The first-order valence-electron chi connectivity index (χ1n) is 5.75. The number of aliphatic hydroxyl groups excluding tert-OH is 2. The molecule has 1 aliphatic carbocycles. The standard InChI is InChI=1S/C13H19NO2/c1-9(14)13(6-7-13)11-4-2-10(3-5-11)12(16)8-15/h2-5,9,12,15-16H,6-8,14H2,1H3. The van der Waals surface area contributed by atoms with Gasteiger partial charge in [-0.2, -0.15) is 0 Å². The summed E-state index contributed by atoms with van der Waals surface area (Å²) < 4.78 is 0. The van der Waals surface area contributed by atoms with E-state index in [1.807, 2.05) is 31.2 Å². The molecule has 1 aromatic carbocycles. The number of benzene rings is 1. The second-order valence-corrected chi connectivity index (χ2v) is 4.77. The van der Waals surface area contributed by atoms with E-state index in [4.69, 9.17) is 10.8 Å². The molecule has 1 aliphatic rings. The molecule has 0 aliphatic heterocycles. The van der Waals surface area contributed by atoms with Crippen LogP contribution in [0.5, 0.6) is 0 Å². The van der Waals surface area contributed by atoms with E-state index in [-0.39, 0.29) is 18.1 Å². The molecule has 2 unspecified atom stereocenters. The number of hydrogen-bond acceptors (Lipinski definition) is 3. The van der Waals surface area contributed by atoms with Gasteiger partial charge in [-0.3, -0.25) is 0 Å². The van der Waals surface area contributed by atoms with Gasteiger partial charge in [0.15, 0.2) is 0 Å². The minimum absolute atomic E-state index is 0.155. The fourth-order valence-corrected chi connectivity index (χ4v) is 2.28. The maximum atomic E-state index is 9.47. The number of hydrogen-bond donors (Lipinski definition) is 3. The van der Waals surface area contributed by atoms with Crippen molar-refractivity contribution in [3.8, 4) is 0 Å². The summed E-state index contributed by atoms with van der Waals surface area (Å²) in [6.45, 7) is 1.81. The molecule has 1 fully saturated rings. The van der Waals surface area contributed by atoms with Gasteiger partial charge in [-0.05, 0) is 30.9 Å². The summed E-state index contributed by atoms with van der Waals surface area (Å²) in [5, 5.41) is 18.3. The van der Waals surface area contributed by atoms with Crippen molar-refractivity contribution >= 4 is 0 Å². The van der Waals surface area contributed by atoms with Crippen LogP contribution in [-0.2, 0) is 5.41 Å². The van der Waals surface area contributed by atoms with E-state index in [0.717, 1.165) is 18.4 Å². The molecule has 0 bridgehead atoms. The molecule has 1 aromatic rings. The third-order valence-corrected chi connectivity index (χ3v) is 3.70. The van der Waals surface area contributed by atoms with Crippen LogP contribution in [0.3, 0.4) is 0 Å². The number of nitrogens with two attached hydrogens (primary N) is 1. The van der Waals surface area contributed by atoms with E-state index in [1.165, 1.54) is 5.56 Å². The Morgan fingerprint density at radius 1 is 1.31 bits per heavy atom. The highest BCUT2D eigenvalue weighted by Crippen LogP contribution is 2.50. The fraction of sp³-hybridized carbons (Fsp3) is 0.538. The highest BCUT2D eigenvalue weighted by molar-refractivity contribution is 5.36. The summed E-state index contributed by atoms with van der Waals surface area (Å²) in [6.07, 6.45) is 1.51. The van der Waals surface area contributed by atoms with E-state index >= 15 is 0 Å². The lowest BCUT2D eigenvalue weighted by Crippen LogP contribution is -2.31. The SMILES string of the molecule is CC(N)C1(c2ccc(C(O)CO)cc2)CC1. The summed E-state index contributed by atoms with van der Waals surface area (Å²) in [5.74, 6) is 0. The van der Waals surface area contributed by atoms with E-state index in [0.29, 0.717) is 0 Å². The molecule has 2 rings (SSSR count). The monoisotopic (exact) mass is 221 g/mol. The maximum Gasteiger partial charge on any atom is 0.102 e. The van der Waals surface area contributed by atoms with E-state index in [1.54, 1.807) is 0 Å². The van der Waals surface area contributed by atoms with Gasteiger partial charge in [0, 0.05) is 11.5 Å². The first kappa shape index (κ1) is 11.6. The third kappa shape index (κ3) is 1.86. The van der Waals surface area contributed by atoms with Crippen LogP contribution in [0.4, 0.5) is 0 Å². The van der Waals surface area contributed by atoms with Crippen molar-refractivity contribution in [1.82, 2.24) is 0 Å². The Morgan fingerprint density at radius 3 is 2.25 bits per heavy atom. The van der Waals surface area contributed by atoms with Crippen LogP contribution in [0.15, 0.2) is 24.3 Å². The minimum Gasteiger partial charge on any atom is -0.393 e. The molecule has 4 N–H and O–H groups in total. The highest BCUT2D eigenvalue weighted by Gasteiger charge is 2.47. The van der Waals surface area contributed by atoms with Crippen molar-refractivity contribution in [1.29, 1.82) is 0 Å². The van der Waals surface area contributed by atoms with Gasteiger partial charge in [0.05, 0.1) is 6.61 Å². The minimum atomic E-state index is -0.778. The Kier molecular flexibility index (Phi) is 3.02. The quantitative estimate of drug-likeness (QED) is 0.713. The van der Waals surface area contributed by atoms with Crippen molar-refractivity contribution < 1.29 is 10.2 Å². The molecule has 3 heteroatoms. The molecule has 0 heterocycles. The molecule has 0 amide bonds. The number of rotatable bonds is 4. The van der Waals surface area contributed by atoms with Crippen molar-refractivity contribution in [2.45, 2.75) is 37.3 Å². The molecule has 0 aromatic heterocycles. The highest BCUT2D eigenvalue weighted by atomic mass is 16.3. The van der Waals surface area contributed by atoms with Crippen LogP contribution < -0.4 is 5.73 Å². The van der Waals surface area contributed by atoms with Crippen LogP contribution in [0.2, 0.25) is 0 Å². The molecular formula is C13H19NO2. The predicted molar refractivity (Wildman–Crippen MR) is 63.0 cm³/mol. The van der Waals surface area contributed by atoms with Gasteiger partial charge in [-0.25, -0.2) is 0 Å². The van der Waals surface area contributed by atoms with Crippen LogP contribution in [0.25, 0.3) is 0 Å². The zero-order chi connectivity index (χ0) is 11.8. The molecule has 1 saturated carbocycles. The first-order chi connectivity index (χ1) is 7.60. The van der Waals surface area contributed by atoms with Gasteiger partial charge in [-0.15, -0.1) is 0 Å².